The van der Waals surface area contributed by atoms with Gasteiger partial charge in [0.1, 0.15) is 0 Å². The molecule has 1 saturated carbocycles. The maximum absolute atomic E-state index is 5.86. The second-order valence-corrected chi connectivity index (χ2v) is 5.64. The van der Waals surface area contributed by atoms with Crippen LogP contribution < -0.4 is 5.32 Å². The second kappa shape index (κ2) is 8.64. The van der Waals surface area contributed by atoms with Gasteiger partial charge in [-0.1, -0.05) is 23.7 Å². The Morgan fingerprint density at radius 3 is 2.67 bits per heavy atom. The number of nitrogens with one attached hydrogen (secondary N) is 2. The maximum atomic E-state index is 5.86. The minimum absolute atomic E-state index is 0. The third-order valence-corrected chi connectivity index (χ3v) is 4.03. The van der Waals surface area contributed by atoms with Crippen molar-refractivity contribution in [1.29, 1.82) is 0 Å². The smallest absolute Gasteiger partial charge is 0.0921 e. The third kappa shape index (κ3) is 5.19. The van der Waals surface area contributed by atoms with Crippen LogP contribution in [-0.2, 0) is 6.54 Å². The predicted octanol–water partition coefficient (Wildman–Crippen LogP) is 4.19. The number of hydrogen-bond donors (Lipinski definition) is 2. The van der Waals surface area contributed by atoms with E-state index < -0.39 is 0 Å². The van der Waals surface area contributed by atoms with E-state index in [1.54, 1.807) is 6.33 Å². The SMILES string of the molecule is Cl.Cl.Clc1ccc(CNCC[C@@H]2C[C@H]2c2cnc[nH]2)cc1. The van der Waals surface area contributed by atoms with E-state index >= 15 is 0 Å². The lowest BCUT2D eigenvalue weighted by molar-refractivity contribution is 0.602. The highest BCUT2D eigenvalue weighted by atomic mass is 35.5. The lowest BCUT2D eigenvalue weighted by atomic mass is 10.2. The molecular formula is C15H20Cl3N3. The lowest BCUT2D eigenvalue weighted by Crippen LogP contribution is -2.15. The summed E-state index contributed by atoms with van der Waals surface area (Å²) in [6.45, 7) is 1.98. The van der Waals surface area contributed by atoms with Crippen molar-refractivity contribution in [3.05, 3.63) is 53.1 Å². The summed E-state index contributed by atoms with van der Waals surface area (Å²) in [6, 6.07) is 8.02. The fraction of sp³-hybridized carbons (Fsp3) is 0.400. The molecule has 1 fully saturated rings. The summed E-state index contributed by atoms with van der Waals surface area (Å²) >= 11 is 5.86. The van der Waals surface area contributed by atoms with Crippen molar-refractivity contribution in [3.8, 4) is 0 Å². The quantitative estimate of drug-likeness (QED) is 0.768. The summed E-state index contributed by atoms with van der Waals surface area (Å²) in [5.74, 6) is 1.53. The summed E-state index contributed by atoms with van der Waals surface area (Å²) in [6.07, 6.45) is 6.25. The molecule has 3 rings (SSSR count). The molecule has 1 aromatic heterocycles. The average molecular weight is 349 g/mol. The molecule has 1 heterocycles. The predicted molar refractivity (Wildman–Crippen MR) is 91.7 cm³/mol. The first kappa shape index (κ1) is 18.3. The van der Waals surface area contributed by atoms with Crippen LogP contribution in [0.3, 0.4) is 0 Å². The van der Waals surface area contributed by atoms with Gasteiger partial charge in [-0.25, -0.2) is 4.98 Å². The molecule has 116 valence electrons. The van der Waals surface area contributed by atoms with Crippen LogP contribution in [0.2, 0.25) is 5.02 Å². The molecule has 0 radical (unpaired) electrons. The zero-order chi connectivity index (χ0) is 13.1. The van der Waals surface area contributed by atoms with Crippen LogP contribution >= 0.6 is 36.4 Å². The Kier molecular flexibility index (Phi) is 7.53. The van der Waals surface area contributed by atoms with Crippen LogP contribution in [0.25, 0.3) is 0 Å². The van der Waals surface area contributed by atoms with Crippen LogP contribution in [-0.4, -0.2) is 16.5 Å². The monoisotopic (exact) mass is 347 g/mol. The maximum Gasteiger partial charge on any atom is 0.0921 e. The van der Waals surface area contributed by atoms with Crippen molar-refractivity contribution >= 4 is 36.4 Å². The zero-order valence-corrected chi connectivity index (χ0v) is 14.0. The highest BCUT2D eigenvalue weighted by Gasteiger charge is 2.38. The van der Waals surface area contributed by atoms with Crippen LogP contribution in [0, 0.1) is 5.92 Å². The molecule has 0 bridgehead atoms. The van der Waals surface area contributed by atoms with E-state index in [9.17, 15) is 0 Å². The van der Waals surface area contributed by atoms with E-state index in [0.29, 0.717) is 5.92 Å². The van der Waals surface area contributed by atoms with Gasteiger partial charge in [0.25, 0.3) is 0 Å². The van der Waals surface area contributed by atoms with E-state index in [0.717, 1.165) is 24.0 Å². The number of benzene rings is 1. The number of hydrogen-bond acceptors (Lipinski definition) is 2. The highest BCUT2D eigenvalue weighted by molar-refractivity contribution is 6.30. The number of aromatic amines is 1. The molecule has 21 heavy (non-hydrogen) atoms. The minimum Gasteiger partial charge on any atom is -0.348 e. The Hall–Kier alpha value is -0.740. The minimum atomic E-state index is 0. The van der Waals surface area contributed by atoms with Gasteiger partial charge in [0, 0.05) is 29.4 Å². The van der Waals surface area contributed by atoms with Gasteiger partial charge >= 0.3 is 0 Å². The molecule has 0 amide bonds. The summed E-state index contributed by atoms with van der Waals surface area (Å²) < 4.78 is 0. The van der Waals surface area contributed by atoms with Gasteiger partial charge < -0.3 is 10.3 Å². The highest BCUT2D eigenvalue weighted by Crippen LogP contribution is 2.48. The summed E-state index contributed by atoms with van der Waals surface area (Å²) in [5, 5.41) is 4.28. The Bertz CT molecular complexity index is 513. The van der Waals surface area contributed by atoms with Crippen LogP contribution in [0.4, 0.5) is 0 Å². The summed E-state index contributed by atoms with van der Waals surface area (Å²) in [7, 11) is 0. The first-order valence-corrected chi connectivity index (χ1v) is 7.14. The largest absolute Gasteiger partial charge is 0.348 e. The van der Waals surface area contributed by atoms with Crippen LogP contribution in [0.1, 0.15) is 30.0 Å². The van der Waals surface area contributed by atoms with Crippen molar-refractivity contribution < 1.29 is 0 Å². The number of aromatic nitrogens is 2. The van der Waals surface area contributed by atoms with E-state index in [4.69, 9.17) is 11.6 Å². The Labute approximate surface area is 142 Å². The van der Waals surface area contributed by atoms with Crippen LogP contribution in [0.5, 0.6) is 0 Å². The Morgan fingerprint density at radius 2 is 2.00 bits per heavy atom. The fourth-order valence-corrected chi connectivity index (χ4v) is 2.67. The van der Waals surface area contributed by atoms with Crippen LogP contribution in [0.15, 0.2) is 36.8 Å². The topological polar surface area (TPSA) is 40.7 Å². The molecule has 1 aliphatic rings. The fourth-order valence-electron chi connectivity index (χ4n) is 2.54. The van der Waals surface area contributed by atoms with Gasteiger partial charge in [0.05, 0.1) is 6.33 Å². The third-order valence-electron chi connectivity index (χ3n) is 3.78. The standard InChI is InChI=1S/C15H18ClN3.2ClH/c16-13-3-1-11(2-4-13)8-17-6-5-12-7-14(12)15-9-18-10-19-15;;/h1-4,9-10,12,14,17H,5-8H2,(H,18,19);2*1H/t12-,14-;;/m1../s1. The molecule has 6 heteroatoms. The van der Waals surface area contributed by atoms with Gasteiger partial charge in [0.2, 0.25) is 0 Å². The van der Waals surface area contributed by atoms with Gasteiger partial charge in [-0.05, 0) is 43.0 Å². The lowest BCUT2D eigenvalue weighted by Gasteiger charge is -2.04. The zero-order valence-electron chi connectivity index (χ0n) is 11.6. The molecule has 0 unspecified atom stereocenters. The molecule has 1 aliphatic carbocycles. The molecule has 1 aromatic carbocycles. The molecule has 2 N–H and O–H groups in total. The Morgan fingerprint density at radius 1 is 1.24 bits per heavy atom. The molecule has 0 aliphatic heterocycles. The van der Waals surface area contributed by atoms with Crippen molar-refractivity contribution in [2.45, 2.75) is 25.3 Å². The normalized spacial score (nSPS) is 19.5. The number of halogens is 3. The molecule has 0 spiro atoms. The Balaban J connectivity index is 0.00000110. The van der Waals surface area contributed by atoms with Gasteiger partial charge in [-0.15, -0.1) is 24.8 Å². The van der Waals surface area contributed by atoms with Gasteiger partial charge in [-0.3, -0.25) is 0 Å². The molecule has 2 aromatic rings. The van der Waals surface area contributed by atoms with Crippen molar-refractivity contribution in [2.24, 2.45) is 5.92 Å². The van der Waals surface area contributed by atoms with Crippen molar-refractivity contribution in [1.82, 2.24) is 15.3 Å². The second-order valence-electron chi connectivity index (χ2n) is 5.20. The first-order chi connectivity index (χ1) is 9.33. The number of rotatable bonds is 6. The van der Waals surface area contributed by atoms with E-state index in [-0.39, 0.29) is 24.8 Å². The number of imidazole rings is 1. The van der Waals surface area contributed by atoms with Crippen molar-refractivity contribution in [3.63, 3.8) is 0 Å². The molecule has 3 nitrogen and oxygen atoms in total. The average Bonchev–Trinajstić information content (AvgIpc) is 2.98. The molecular weight excluding hydrogens is 329 g/mol. The summed E-state index contributed by atoms with van der Waals surface area (Å²) in [5.41, 5.74) is 2.58. The molecule has 2 atom stereocenters. The van der Waals surface area contributed by atoms with E-state index in [1.165, 1.54) is 24.1 Å². The summed E-state index contributed by atoms with van der Waals surface area (Å²) in [4.78, 5) is 7.29. The van der Waals surface area contributed by atoms with E-state index in [1.807, 2.05) is 18.3 Å². The number of H-pyrrole nitrogens is 1. The van der Waals surface area contributed by atoms with E-state index in [2.05, 4.69) is 27.4 Å². The number of nitrogens with zero attached hydrogens (tertiary/aromatic N) is 1. The van der Waals surface area contributed by atoms with Crippen molar-refractivity contribution in [2.75, 3.05) is 6.54 Å². The van der Waals surface area contributed by atoms with Gasteiger partial charge in [0.15, 0.2) is 0 Å². The molecule has 0 saturated heterocycles. The first-order valence-electron chi connectivity index (χ1n) is 6.76. The van der Waals surface area contributed by atoms with Gasteiger partial charge in [-0.2, -0.15) is 0 Å².